The van der Waals surface area contributed by atoms with Gasteiger partial charge in [0.15, 0.2) is 0 Å². The quantitative estimate of drug-likeness (QED) is 0.413. The maximum Gasteiger partial charge on any atom is 0.303 e. The lowest BCUT2D eigenvalue weighted by Crippen LogP contribution is -2.34. The average Bonchev–Trinajstić information content (AvgIpc) is 3.42. The van der Waals surface area contributed by atoms with Gasteiger partial charge in [-0.15, -0.1) is 11.3 Å². The molecule has 2 fully saturated rings. The minimum atomic E-state index is -0.711. The number of carboxylic acids is 1. The molecular weight excluding hydrogens is 462 g/mol. The van der Waals surface area contributed by atoms with Crippen molar-refractivity contribution >= 4 is 36.1 Å². The van der Waals surface area contributed by atoms with E-state index in [1.807, 2.05) is 19.1 Å². The number of carbonyl (C=O) groups is 3. The molecular formula is C22H31N5O6S. The first-order valence-corrected chi connectivity index (χ1v) is 11.6. The summed E-state index contributed by atoms with van der Waals surface area (Å²) in [5.74, 6) is 0.348. The van der Waals surface area contributed by atoms with Crippen molar-refractivity contribution in [3.63, 3.8) is 0 Å². The van der Waals surface area contributed by atoms with Gasteiger partial charge in [-0.1, -0.05) is 6.07 Å². The summed E-state index contributed by atoms with van der Waals surface area (Å²) in [5.41, 5.74) is 8.22. The molecule has 0 aromatic carbocycles. The zero-order valence-corrected chi connectivity index (χ0v) is 19.9. The van der Waals surface area contributed by atoms with E-state index >= 15 is 0 Å². The molecule has 0 saturated carbocycles. The van der Waals surface area contributed by atoms with E-state index in [-0.39, 0.29) is 24.8 Å². The number of nitrogen functional groups attached to an aromatic ring is 1. The third kappa shape index (κ3) is 7.47. The van der Waals surface area contributed by atoms with Crippen LogP contribution in [0.15, 0.2) is 23.7 Å². The summed E-state index contributed by atoms with van der Waals surface area (Å²) in [6.45, 7) is 6.97. The molecule has 0 spiro atoms. The second-order valence-corrected chi connectivity index (χ2v) is 9.47. The third-order valence-electron chi connectivity index (χ3n) is 6.11. The molecule has 4 rings (SSSR count). The number of likely N-dealkylation sites (tertiary alicyclic amines) is 2. The Bertz CT molecular complexity index is 951. The van der Waals surface area contributed by atoms with Crippen molar-refractivity contribution in [2.24, 2.45) is 11.3 Å². The summed E-state index contributed by atoms with van der Waals surface area (Å²) in [4.78, 5) is 41.7. The van der Waals surface area contributed by atoms with E-state index in [4.69, 9.17) is 25.5 Å². The zero-order valence-electron chi connectivity index (χ0n) is 19.0. The topological polar surface area (TPSA) is 170 Å². The number of pyridine rings is 1. The van der Waals surface area contributed by atoms with Crippen LogP contribution in [0, 0.1) is 18.3 Å². The summed E-state index contributed by atoms with van der Waals surface area (Å²) in [6.07, 6.45) is 2.66. The zero-order chi connectivity index (χ0) is 25.1. The Kier molecular flexibility index (Phi) is 10.4. The second kappa shape index (κ2) is 13.0. The maximum atomic E-state index is 11.3. The summed E-state index contributed by atoms with van der Waals surface area (Å²) in [7, 11) is 0. The van der Waals surface area contributed by atoms with Crippen molar-refractivity contribution in [1.29, 1.82) is 0 Å². The van der Waals surface area contributed by atoms with Crippen molar-refractivity contribution in [3.05, 3.63) is 40.0 Å². The summed E-state index contributed by atoms with van der Waals surface area (Å²) in [6, 6.07) is 3.94. The predicted molar refractivity (Wildman–Crippen MR) is 126 cm³/mol. The highest BCUT2D eigenvalue weighted by Gasteiger charge is 2.51. The minimum Gasteiger partial charge on any atom is -0.483 e. The van der Waals surface area contributed by atoms with Crippen molar-refractivity contribution in [1.82, 2.24) is 19.8 Å². The van der Waals surface area contributed by atoms with Crippen LogP contribution in [0.1, 0.15) is 29.1 Å². The number of hydrogen-bond donors (Lipinski definition) is 4. The largest absolute Gasteiger partial charge is 0.483 e. The van der Waals surface area contributed by atoms with Crippen molar-refractivity contribution < 1.29 is 29.7 Å². The van der Waals surface area contributed by atoms with Gasteiger partial charge in [0, 0.05) is 68.2 Å². The fourth-order valence-electron chi connectivity index (χ4n) is 4.89. The molecule has 34 heavy (non-hydrogen) atoms. The molecule has 2 aliphatic heterocycles. The number of fused-ring (bicyclic) bond motifs is 1. The Hall–Kier alpha value is -3.09. The van der Waals surface area contributed by atoms with E-state index in [0.717, 1.165) is 62.0 Å². The first-order valence-electron chi connectivity index (χ1n) is 10.7. The summed E-state index contributed by atoms with van der Waals surface area (Å²) in [5, 5.41) is 26.3. The van der Waals surface area contributed by atoms with E-state index < -0.39 is 5.97 Å². The predicted octanol–water partition coefficient (Wildman–Crippen LogP) is 1.63. The van der Waals surface area contributed by atoms with Gasteiger partial charge in [-0.3, -0.25) is 24.2 Å². The van der Waals surface area contributed by atoms with Crippen LogP contribution in [0.5, 0.6) is 0 Å². The van der Waals surface area contributed by atoms with Crippen LogP contribution in [0.2, 0.25) is 0 Å². The fourth-order valence-corrected chi connectivity index (χ4v) is 5.49. The van der Waals surface area contributed by atoms with Crippen LogP contribution in [0.3, 0.4) is 0 Å². The third-order valence-corrected chi connectivity index (χ3v) is 6.93. The molecule has 2 aromatic rings. The van der Waals surface area contributed by atoms with E-state index in [1.165, 1.54) is 0 Å². The molecule has 186 valence electrons. The monoisotopic (exact) mass is 493 g/mol. The van der Waals surface area contributed by atoms with Crippen LogP contribution in [-0.2, 0) is 27.5 Å². The number of aryl methyl sites for hydroxylation is 1. The Balaban J connectivity index is 0.000000618. The number of nitrogens with zero attached hydrogens (tertiary/aromatic N) is 4. The number of carboxylic acid groups (broad SMARTS) is 3. The molecule has 2 aliphatic rings. The number of hydrogen-bond acceptors (Lipinski definition) is 9. The van der Waals surface area contributed by atoms with Crippen molar-refractivity contribution in [2.75, 3.05) is 31.9 Å². The van der Waals surface area contributed by atoms with Gasteiger partial charge in [0.05, 0.1) is 10.7 Å². The summed E-state index contributed by atoms with van der Waals surface area (Å²) >= 11 is 1.68. The summed E-state index contributed by atoms with van der Waals surface area (Å²) < 4.78 is 0. The van der Waals surface area contributed by atoms with Crippen LogP contribution in [0.25, 0.3) is 0 Å². The van der Waals surface area contributed by atoms with Crippen molar-refractivity contribution in [2.45, 2.75) is 32.9 Å². The molecule has 11 nitrogen and oxygen atoms in total. The lowest BCUT2D eigenvalue weighted by Gasteiger charge is -2.29. The molecule has 2 aromatic heterocycles. The van der Waals surface area contributed by atoms with Gasteiger partial charge in [0.1, 0.15) is 5.82 Å². The van der Waals surface area contributed by atoms with Gasteiger partial charge in [-0.05, 0) is 25.3 Å². The molecule has 0 aliphatic carbocycles. The van der Waals surface area contributed by atoms with Gasteiger partial charge in [0.2, 0.25) is 0 Å². The highest BCUT2D eigenvalue weighted by Crippen LogP contribution is 2.46. The number of thiazole rings is 1. The minimum absolute atomic E-state index is 0.0282. The average molecular weight is 494 g/mol. The van der Waals surface area contributed by atoms with Gasteiger partial charge >= 0.3 is 5.97 Å². The molecule has 2 saturated heterocycles. The highest BCUT2D eigenvalue weighted by atomic mass is 32.1. The standard InChI is InChI=1S/C20H27N5O2S.2CH2O2/c1-14-23-17(11-28-14)10-25-9-16-8-24(7-15-3-2-6-22-19(15)21)12-20(16,13-25)5-4-18(26)27;2*2-1-3/h2-3,6,11,16H,4-5,7-10,12-13H2,1H3,(H2,21,22)(H,26,27);2*1H,(H,2,3). The van der Waals surface area contributed by atoms with E-state index in [2.05, 4.69) is 25.1 Å². The highest BCUT2D eigenvalue weighted by molar-refractivity contribution is 7.09. The fraction of sp³-hybridized carbons (Fsp3) is 0.500. The van der Waals surface area contributed by atoms with E-state index in [0.29, 0.717) is 11.7 Å². The molecule has 4 heterocycles. The van der Waals surface area contributed by atoms with Gasteiger partial charge in [-0.25, -0.2) is 9.97 Å². The lowest BCUT2D eigenvalue weighted by atomic mass is 9.77. The van der Waals surface area contributed by atoms with E-state index in [9.17, 15) is 9.90 Å². The molecule has 5 N–H and O–H groups in total. The molecule has 0 bridgehead atoms. The molecule has 12 heteroatoms. The Morgan fingerprint density at radius 2 is 1.85 bits per heavy atom. The van der Waals surface area contributed by atoms with Gasteiger partial charge in [-0.2, -0.15) is 0 Å². The number of aromatic nitrogens is 2. The number of rotatable bonds is 7. The van der Waals surface area contributed by atoms with Crippen LogP contribution in [0.4, 0.5) is 5.82 Å². The maximum absolute atomic E-state index is 11.3. The van der Waals surface area contributed by atoms with Crippen LogP contribution < -0.4 is 5.73 Å². The Morgan fingerprint density at radius 3 is 2.38 bits per heavy atom. The normalized spacial score (nSPS) is 21.5. The second-order valence-electron chi connectivity index (χ2n) is 8.41. The molecule has 0 amide bonds. The smallest absolute Gasteiger partial charge is 0.303 e. The van der Waals surface area contributed by atoms with Gasteiger partial charge < -0.3 is 21.1 Å². The molecule has 2 unspecified atom stereocenters. The molecule has 0 radical (unpaired) electrons. The van der Waals surface area contributed by atoms with Crippen LogP contribution in [-0.4, -0.2) is 80.2 Å². The SMILES string of the molecule is Cc1nc(CN2CC3CN(Cc4cccnc4N)CC3(CCC(=O)O)C2)cs1.O=CO.O=CO. The first kappa shape index (κ1) is 27.2. The molecule has 2 atom stereocenters. The van der Waals surface area contributed by atoms with Gasteiger partial charge in [0.25, 0.3) is 12.9 Å². The number of aliphatic carboxylic acids is 1. The number of nitrogens with two attached hydrogens (primary N) is 1. The Morgan fingerprint density at radius 1 is 1.24 bits per heavy atom. The van der Waals surface area contributed by atoms with E-state index in [1.54, 1.807) is 17.5 Å². The van der Waals surface area contributed by atoms with Crippen LogP contribution >= 0.6 is 11.3 Å². The number of anilines is 1. The first-order chi connectivity index (χ1) is 16.3. The Labute approximate surface area is 201 Å². The van der Waals surface area contributed by atoms with Crippen molar-refractivity contribution in [3.8, 4) is 0 Å². The lowest BCUT2D eigenvalue weighted by molar-refractivity contribution is -0.137.